The van der Waals surface area contributed by atoms with Crippen LogP contribution in [-0.4, -0.2) is 23.3 Å². The minimum absolute atomic E-state index is 0.664. The highest BCUT2D eigenvalue weighted by atomic mass is 32.1. The van der Waals surface area contributed by atoms with E-state index in [4.69, 9.17) is 4.74 Å². The van der Waals surface area contributed by atoms with Gasteiger partial charge in [-0.15, -0.1) is 10.2 Å². The van der Waals surface area contributed by atoms with Crippen LogP contribution < -0.4 is 10.1 Å². The van der Waals surface area contributed by atoms with Crippen molar-refractivity contribution in [2.24, 2.45) is 11.8 Å². The molecule has 1 aromatic rings. The summed E-state index contributed by atoms with van der Waals surface area (Å²) in [6.45, 7) is 6.98. The van der Waals surface area contributed by atoms with Crippen LogP contribution in [0.15, 0.2) is 0 Å². The van der Waals surface area contributed by atoms with E-state index >= 15 is 0 Å². The number of hydrogen-bond acceptors (Lipinski definition) is 5. The minimum Gasteiger partial charge on any atom is -0.469 e. The van der Waals surface area contributed by atoms with Crippen LogP contribution in [0.3, 0.4) is 0 Å². The van der Waals surface area contributed by atoms with Gasteiger partial charge in [0.25, 0.3) is 5.19 Å². The van der Waals surface area contributed by atoms with Gasteiger partial charge >= 0.3 is 0 Å². The molecule has 0 radical (unpaired) electrons. The third-order valence-corrected chi connectivity index (χ3v) is 3.56. The summed E-state index contributed by atoms with van der Waals surface area (Å²) >= 11 is 1.55. The van der Waals surface area contributed by atoms with Crippen molar-refractivity contribution in [2.75, 3.05) is 13.2 Å². The Morgan fingerprint density at radius 3 is 2.94 bits per heavy atom. The summed E-state index contributed by atoms with van der Waals surface area (Å²) in [5.41, 5.74) is 0. The van der Waals surface area contributed by atoms with E-state index in [1.54, 1.807) is 11.3 Å². The summed E-state index contributed by atoms with van der Waals surface area (Å²) in [5, 5.41) is 13.2. The van der Waals surface area contributed by atoms with Gasteiger partial charge in [-0.1, -0.05) is 38.0 Å². The highest BCUT2D eigenvalue weighted by molar-refractivity contribution is 7.13. The molecule has 96 valence electrons. The normalized spacial score (nSPS) is 15.5. The van der Waals surface area contributed by atoms with Crippen LogP contribution in [0, 0.1) is 11.8 Å². The van der Waals surface area contributed by atoms with Gasteiger partial charge in [0.05, 0.1) is 6.61 Å². The van der Waals surface area contributed by atoms with Crippen LogP contribution in [0.25, 0.3) is 0 Å². The van der Waals surface area contributed by atoms with Crippen molar-refractivity contribution in [3.05, 3.63) is 5.01 Å². The predicted molar refractivity (Wildman–Crippen MR) is 69.3 cm³/mol. The first-order valence-electron chi connectivity index (χ1n) is 6.40. The highest BCUT2D eigenvalue weighted by Crippen LogP contribution is 2.32. The fourth-order valence-corrected chi connectivity index (χ4v) is 2.24. The molecule has 1 aliphatic rings. The number of nitrogens with zero attached hydrogens (tertiary/aromatic N) is 2. The van der Waals surface area contributed by atoms with Crippen molar-refractivity contribution in [2.45, 2.75) is 39.7 Å². The van der Waals surface area contributed by atoms with E-state index in [1.165, 1.54) is 19.3 Å². The summed E-state index contributed by atoms with van der Waals surface area (Å²) in [7, 11) is 0. The Morgan fingerprint density at radius 1 is 1.41 bits per heavy atom. The van der Waals surface area contributed by atoms with Gasteiger partial charge in [0.2, 0.25) is 0 Å². The molecule has 0 saturated heterocycles. The standard InChI is InChI=1S/C12H21N3OS/c1-9(2)7-13-8-11-14-15-12(17-11)16-6-5-10-3-4-10/h9-10,13H,3-8H2,1-2H3. The Hall–Kier alpha value is -0.680. The van der Waals surface area contributed by atoms with Gasteiger partial charge in [0, 0.05) is 6.54 Å². The van der Waals surface area contributed by atoms with E-state index in [0.717, 1.165) is 30.6 Å². The fourth-order valence-electron chi connectivity index (χ4n) is 1.56. The predicted octanol–water partition coefficient (Wildman–Crippen LogP) is 2.46. The number of nitrogens with one attached hydrogen (secondary N) is 1. The molecule has 5 heteroatoms. The van der Waals surface area contributed by atoms with Crippen molar-refractivity contribution >= 4 is 11.3 Å². The van der Waals surface area contributed by atoms with E-state index in [2.05, 4.69) is 29.4 Å². The quantitative estimate of drug-likeness (QED) is 0.775. The Labute approximate surface area is 107 Å². The van der Waals surface area contributed by atoms with E-state index in [-0.39, 0.29) is 0 Å². The lowest BCUT2D eigenvalue weighted by molar-refractivity contribution is 0.298. The van der Waals surface area contributed by atoms with Gasteiger partial charge in [-0.25, -0.2) is 0 Å². The van der Waals surface area contributed by atoms with Gasteiger partial charge in [0.15, 0.2) is 0 Å². The summed E-state index contributed by atoms with van der Waals surface area (Å²) in [6.07, 6.45) is 3.92. The average molecular weight is 255 g/mol. The SMILES string of the molecule is CC(C)CNCc1nnc(OCCC2CC2)s1. The monoisotopic (exact) mass is 255 g/mol. The molecule has 4 nitrogen and oxygen atoms in total. The van der Waals surface area contributed by atoms with Crippen molar-refractivity contribution in [3.63, 3.8) is 0 Å². The molecule has 1 saturated carbocycles. The maximum atomic E-state index is 5.58. The zero-order valence-electron chi connectivity index (χ0n) is 10.6. The molecule has 0 atom stereocenters. The van der Waals surface area contributed by atoms with Crippen LogP contribution >= 0.6 is 11.3 Å². The zero-order valence-corrected chi connectivity index (χ0v) is 11.4. The molecule has 0 bridgehead atoms. The molecule has 1 heterocycles. The third-order valence-electron chi connectivity index (χ3n) is 2.73. The maximum Gasteiger partial charge on any atom is 0.294 e. The van der Waals surface area contributed by atoms with E-state index in [1.807, 2.05) is 0 Å². The van der Waals surface area contributed by atoms with Crippen molar-refractivity contribution < 1.29 is 4.74 Å². The van der Waals surface area contributed by atoms with Crippen LogP contribution in [-0.2, 0) is 6.54 Å². The van der Waals surface area contributed by atoms with Gasteiger partial charge in [-0.05, 0) is 24.8 Å². The molecule has 1 aliphatic carbocycles. The third kappa shape index (κ3) is 5.00. The lowest BCUT2D eigenvalue weighted by atomic mass is 10.2. The molecule has 1 fully saturated rings. The summed E-state index contributed by atoms with van der Waals surface area (Å²) in [6, 6.07) is 0. The number of ether oxygens (including phenoxy) is 1. The Balaban J connectivity index is 1.63. The van der Waals surface area contributed by atoms with Gasteiger partial charge in [-0.2, -0.15) is 0 Å². The highest BCUT2D eigenvalue weighted by Gasteiger charge is 2.20. The molecule has 1 aromatic heterocycles. The molecule has 0 amide bonds. The summed E-state index contributed by atoms with van der Waals surface area (Å²) in [4.78, 5) is 0. The fraction of sp³-hybridized carbons (Fsp3) is 0.833. The van der Waals surface area contributed by atoms with E-state index < -0.39 is 0 Å². The largest absolute Gasteiger partial charge is 0.469 e. The Bertz CT molecular complexity index is 314. The van der Waals surface area contributed by atoms with E-state index in [0.29, 0.717) is 11.1 Å². The van der Waals surface area contributed by atoms with Gasteiger partial charge in [-0.3, -0.25) is 0 Å². The summed E-state index contributed by atoms with van der Waals surface area (Å²) in [5.74, 6) is 1.58. The average Bonchev–Trinajstić information content (AvgIpc) is 2.98. The first-order valence-corrected chi connectivity index (χ1v) is 7.21. The first kappa shape index (κ1) is 12.8. The summed E-state index contributed by atoms with van der Waals surface area (Å²) < 4.78 is 5.58. The molecule has 0 unspecified atom stereocenters. The Morgan fingerprint density at radius 2 is 2.24 bits per heavy atom. The number of aromatic nitrogens is 2. The van der Waals surface area contributed by atoms with Crippen LogP contribution in [0.1, 0.15) is 38.1 Å². The van der Waals surface area contributed by atoms with Gasteiger partial charge in [0.1, 0.15) is 5.01 Å². The minimum atomic E-state index is 0.664. The smallest absolute Gasteiger partial charge is 0.294 e. The van der Waals surface area contributed by atoms with Crippen LogP contribution in [0.4, 0.5) is 0 Å². The lowest BCUT2D eigenvalue weighted by Gasteiger charge is -2.04. The zero-order chi connectivity index (χ0) is 12.1. The second kappa shape index (κ2) is 6.31. The second-order valence-corrected chi connectivity index (χ2v) is 6.09. The Kier molecular flexibility index (Phi) is 4.74. The molecule has 0 aromatic carbocycles. The van der Waals surface area contributed by atoms with Crippen LogP contribution in [0.5, 0.6) is 5.19 Å². The van der Waals surface area contributed by atoms with E-state index in [9.17, 15) is 0 Å². The molecule has 1 N–H and O–H groups in total. The molecular weight excluding hydrogens is 234 g/mol. The maximum absolute atomic E-state index is 5.58. The second-order valence-electron chi connectivity index (χ2n) is 5.07. The van der Waals surface area contributed by atoms with Gasteiger partial charge < -0.3 is 10.1 Å². The van der Waals surface area contributed by atoms with Crippen molar-refractivity contribution in [1.82, 2.24) is 15.5 Å². The molecular formula is C12H21N3OS. The molecule has 2 rings (SSSR count). The topological polar surface area (TPSA) is 47.0 Å². The van der Waals surface area contributed by atoms with Crippen LogP contribution in [0.2, 0.25) is 0 Å². The van der Waals surface area contributed by atoms with Crippen molar-refractivity contribution in [3.8, 4) is 5.19 Å². The number of rotatable bonds is 8. The van der Waals surface area contributed by atoms with Crippen molar-refractivity contribution in [1.29, 1.82) is 0 Å². The molecule has 17 heavy (non-hydrogen) atoms. The number of hydrogen-bond donors (Lipinski definition) is 1. The first-order chi connectivity index (χ1) is 8.24. The molecule has 0 spiro atoms. The lowest BCUT2D eigenvalue weighted by Crippen LogP contribution is -2.18. The molecule has 0 aliphatic heterocycles.